The van der Waals surface area contributed by atoms with E-state index < -0.39 is 47.0 Å². The van der Waals surface area contributed by atoms with E-state index in [0.717, 1.165) is 18.2 Å². The van der Waals surface area contributed by atoms with Crippen LogP contribution >= 0.6 is 0 Å². The number of carbonyl (C=O) groups is 1. The molecule has 1 N–H and O–H groups in total. The van der Waals surface area contributed by atoms with Gasteiger partial charge in [-0.15, -0.1) is 0 Å². The second-order valence-electron chi connectivity index (χ2n) is 5.30. The van der Waals surface area contributed by atoms with Gasteiger partial charge < -0.3 is 9.57 Å². The van der Waals surface area contributed by atoms with Gasteiger partial charge in [0.05, 0.1) is 5.56 Å². The van der Waals surface area contributed by atoms with E-state index in [0.29, 0.717) is 18.2 Å². The maximum atomic E-state index is 13.5. The molecule has 0 aromatic heterocycles. The zero-order chi connectivity index (χ0) is 20.2. The maximum absolute atomic E-state index is 13.5. The molecule has 10 heteroatoms. The van der Waals surface area contributed by atoms with E-state index in [1.54, 1.807) is 0 Å². The fraction of sp³-hybridized carbons (Fsp3) is 0.235. The standard InChI is InChI=1S/C17H13F6NO3/c1-2-15(16(25)27-24-14-6-3-9(18)7-13(14)20)26-10-4-5-12(19)11(8-10)17(21,22)23/h3-8,15,24H,2H2,1H3. The van der Waals surface area contributed by atoms with Gasteiger partial charge >= 0.3 is 12.1 Å². The van der Waals surface area contributed by atoms with Crippen molar-refractivity contribution in [3.8, 4) is 5.75 Å². The van der Waals surface area contributed by atoms with Gasteiger partial charge in [-0.1, -0.05) is 6.92 Å². The third-order valence-corrected chi connectivity index (χ3v) is 3.35. The van der Waals surface area contributed by atoms with Crippen molar-refractivity contribution < 1.29 is 40.7 Å². The number of nitrogens with one attached hydrogen (secondary N) is 1. The van der Waals surface area contributed by atoms with Crippen LogP contribution < -0.4 is 10.2 Å². The van der Waals surface area contributed by atoms with E-state index in [2.05, 4.69) is 4.84 Å². The molecule has 0 bridgehead atoms. The van der Waals surface area contributed by atoms with Crippen LogP contribution in [0, 0.1) is 17.5 Å². The SMILES string of the molecule is CCC(Oc1ccc(F)c(C(F)(F)F)c1)C(=O)ONc1ccc(F)cc1F. The van der Waals surface area contributed by atoms with Crippen LogP contribution in [0.1, 0.15) is 18.9 Å². The molecule has 0 saturated carbocycles. The lowest BCUT2D eigenvalue weighted by molar-refractivity contribution is -0.149. The van der Waals surface area contributed by atoms with E-state index in [-0.39, 0.29) is 12.1 Å². The molecule has 0 heterocycles. The molecule has 0 saturated heterocycles. The van der Waals surface area contributed by atoms with Crippen molar-refractivity contribution in [1.82, 2.24) is 0 Å². The molecule has 1 atom stereocenters. The van der Waals surface area contributed by atoms with E-state index in [4.69, 9.17) is 4.74 Å². The topological polar surface area (TPSA) is 47.6 Å². The summed E-state index contributed by atoms with van der Waals surface area (Å²) in [6, 6.07) is 4.36. The molecule has 1 unspecified atom stereocenters. The maximum Gasteiger partial charge on any atom is 0.419 e. The number of anilines is 1. The predicted molar refractivity (Wildman–Crippen MR) is 82.2 cm³/mol. The Morgan fingerprint density at radius 1 is 1.07 bits per heavy atom. The molecule has 27 heavy (non-hydrogen) atoms. The average molecular weight is 393 g/mol. The monoisotopic (exact) mass is 393 g/mol. The summed E-state index contributed by atoms with van der Waals surface area (Å²) in [6.07, 6.45) is -6.30. The average Bonchev–Trinajstić information content (AvgIpc) is 2.59. The molecule has 0 amide bonds. The second-order valence-corrected chi connectivity index (χ2v) is 5.30. The molecule has 2 aromatic carbocycles. The number of rotatable bonds is 6. The predicted octanol–water partition coefficient (Wildman–Crippen LogP) is 4.85. The van der Waals surface area contributed by atoms with Crippen molar-refractivity contribution in [2.24, 2.45) is 0 Å². The van der Waals surface area contributed by atoms with Gasteiger partial charge in [0.25, 0.3) is 0 Å². The number of benzene rings is 2. The van der Waals surface area contributed by atoms with Gasteiger partial charge in [0.2, 0.25) is 0 Å². The summed E-state index contributed by atoms with van der Waals surface area (Å²) in [6.45, 7) is 1.48. The number of hydrogen-bond donors (Lipinski definition) is 1. The number of halogens is 6. The largest absolute Gasteiger partial charge is 0.479 e. The Morgan fingerprint density at radius 2 is 1.78 bits per heavy atom. The Morgan fingerprint density at radius 3 is 2.37 bits per heavy atom. The van der Waals surface area contributed by atoms with Crippen LogP contribution in [0.4, 0.5) is 32.0 Å². The molecule has 2 aromatic rings. The van der Waals surface area contributed by atoms with Gasteiger partial charge in [-0.3, -0.25) is 0 Å². The minimum absolute atomic E-state index is 0.00879. The Balaban J connectivity index is 2.07. The minimum atomic E-state index is -4.94. The van der Waals surface area contributed by atoms with Crippen molar-refractivity contribution in [1.29, 1.82) is 0 Å². The first-order chi connectivity index (χ1) is 12.6. The van der Waals surface area contributed by atoms with Crippen molar-refractivity contribution in [3.05, 3.63) is 59.4 Å². The van der Waals surface area contributed by atoms with Crippen LogP contribution in [0.5, 0.6) is 5.75 Å². The summed E-state index contributed by atoms with van der Waals surface area (Å²) in [5, 5.41) is 0. The van der Waals surface area contributed by atoms with Crippen LogP contribution in [0.3, 0.4) is 0 Å². The molecular weight excluding hydrogens is 380 g/mol. The quantitative estimate of drug-likeness (QED) is 0.563. The Hall–Kier alpha value is -2.91. The highest BCUT2D eigenvalue weighted by atomic mass is 19.4. The highest BCUT2D eigenvalue weighted by molar-refractivity contribution is 5.76. The van der Waals surface area contributed by atoms with Crippen LogP contribution in [-0.2, 0) is 15.8 Å². The Kier molecular flexibility index (Phi) is 6.19. The molecule has 146 valence electrons. The van der Waals surface area contributed by atoms with E-state index >= 15 is 0 Å². The van der Waals surface area contributed by atoms with Gasteiger partial charge in [-0.05, 0) is 36.8 Å². The van der Waals surface area contributed by atoms with Crippen molar-refractivity contribution >= 4 is 11.7 Å². The fourth-order valence-corrected chi connectivity index (χ4v) is 2.00. The summed E-state index contributed by atoms with van der Waals surface area (Å²) in [4.78, 5) is 16.6. The molecule has 0 aliphatic carbocycles. The first-order valence-electron chi connectivity index (χ1n) is 7.57. The first-order valence-corrected chi connectivity index (χ1v) is 7.57. The number of ether oxygens (including phenoxy) is 1. The summed E-state index contributed by atoms with van der Waals surface area (Å²) in [5.41, 5.74) is 0.0949. The van der Waals surface area contributed by atoms with Gasteiger partial charge in [-0.25, -0.2) is 23.4 Å². The molecule has 4 nitrogen and oxygen atoms in total. The van der Waals surface area contributed by atoms with E-state index in [1.165, 1.54) is 6.92 Å². The number of hydrogen-bond acceptors (Lipinski definition) is 4. The molecular formula is C17H13F6NO3. The highest BCUT2D eigenvalue weighted by Crippen LogP contribution is 2.34. The van der Waals surface area contributed by atoms with Crippen LogP contribution in [0.2, 0.25) is 0 Å². The smallest absolute Gasteiger partial charge is 0.419 e. The Bertz CT molecular complexity index is 825. The second kappa shape index (κ2) is 8.19. The molecule has 0 spiro atoms. The van der Waals surface area contributed by atoms with Crippen molar-refractivity contribution in [2.45, 2.75) is 25.6 Å². The van der Waals surface area contributed by atoms with Crippen molar-refractivity contribution in [3.63, 3.8) is 0 Å². The lowest BCUT2D eigenvalue weighted by atomic mass is 10.2. The third kappa shape index (κ3) is 5.28. The van der Waals surface area contributed by atoms with Crippen LogP contribution in [0.25, 0.3) is 0 Å². The lowest BCUT2D eigenvalue weighted by Gasteiger charge is -2.18. The number of alkyl halides is 3. The normalized spacial score (nSPS) is 12.4. The fourth-order valence-electron chi connectivity index (χ4n) is 2.00. The van der Waals surface area contributed by atoms with Gasteiger partial charge in [0, 0.05) is 6.07 Å². The third-order valence-electron chi connectivity index (χ3n) is 3.35. The molecule has 0 radical (unpaired) electrons. The van der Waals surface area contributed by atoms with Gasteiger partial charge in [0.15, 0.2) is 11.9 Å². The molecule has 0 aliphatic rings. The zero-order valence-electron chi connectivity index (χ0n) is 13.7. The van der Waals surface area contributed by atoms with Gasteiger partial charge in [-0.2, -0.15) is 13.2 Å². The van der Waals surface area contributed by atoms with E-state index in [9.17, 15) is 31.1 Å². The summed E-state index contributed by atoms with van der Waals surface area (Å²) >= 11 is 0. The molecule has 0 fully saturated rings. The first kappa shape index (κ1) is 20.4. The van der Waals surface area contributed by atoms with Gasteiger partial charge in [0.1, 0.15) is 23.1 Å². The Labute approximate surface area is 149 Å². The molecule has 2 rings (SSSR count). The number of carbonyl (C=O) groups excluding carboxylic acids is 1. The summed E-state index contributed by atoms with van der Waals surface area (Å²) in [5.74, 6) is -4.82. The van der Waals surface area contributed by atoms with Crippen LogP contribution in [0.15, 0.2) is 36.4 Å². The summed E-state index contributed by atoms with van der Waals surface area (Å²) in [7, 11) is 0. The lowest BCUT2D eigenvalue weighted by Crippen LogP contribution is -2.30. The minimum Gasteiger partial charge on any atom is -0.479 e. The van der Waals surface area contributed by atoms with Crippen LogP contribution in [-0.4, -0.2) is 12.1 Å². The highest BCUT2D eigenvalue weighted by Gasteiger charge is 2.35. The van der Waals surface area contributed by atoms with E-state index in [1.807, 2.05) is 5.48 Å². The zero-order valence-corrected chi connectivity index (χ0v) is 13.7. The van der Waals surface area contributed by atoms with Crippen molar-refractivity contribution in [2.75, 3.05) is 5.48 Å². The summed E-state index contributed by atoms with van der Waals surface area (Å²) < 4.78 is 82.8. The molecule has 0 aliphatic heterocycles.